The number of hydrogen-bond acceptors (Lipinski definition) is 4. The molecule has 31 heavy (non-hydrogen) atoms. The van der Waals surface area contributed by atoms with Gasteiger partial charge in [0.2, 0.25) is 11.8 Å². The normalized spacial score (nSPS) is 30.0. The van der Waals surface area contributed by atoms with Crippen LogP contribution in [0.25, 0.3) is 0 Å². The van der Waals surface area contributed by atoms with Crippen LogP contribution in [0.2, 0.25) is 0 Å². The van der Waals surface area contributed by atoms with Crippen LogP contribution in [0.1, 0.15) is 50.6 Å². The van der Waals surface area contributed by atoms with Crippen molar-refractivity contribution in [2.45, 2.75) is 63.2 Å². The van der Waals surface area contributed by atoms with Crippen molar-refractivity contribution in [2.24, 2.45) is 11.8 Å². The monoisotopic (exact) mass is 424 g/mol. The second-order valence-corrected chi connectivity index (χ2v) is 9.66. The molecular weight excluding hydrogens is 395 g/mol. The summed E-state index contributed by atoms with van der Waals surface area (Å²) in [5.74, 6) is 0.146. The highest BCUT2D eigenvalue weighted by atomic mass is 19.1. The minimum absolute atomic E-state index is 0.0262. The van der Waals surface area contributed by atoms with Crippen LogP contribution < -0.4 is 0 Å². The number of rotatable bonds is 6. The van der Waals surface area contributed by atoms with Gasteiger partial charge in [-0.1, -0.05) is 19.1 Å². The van der Waals surface area contributed by atoms with Gasteiger partial charge in [0.05, 0.1) is 18.2 Å². The fourth-order valence-corrected chi connectivity index (χ4v) is 5.87. The first-order chi connectivity index (χ1) is 15.0. The fraction of sp³-hybridized carbons (Fsp3) is 0.625. The van der Waals surface area contributed by atoms with Crippen LogP contribution in [-0.2, 0) is 9.59 Å². The topological polar surface area (TPSA) is 67.7 Å². The van der Waals surface area contributed by atoms with Crippen LogP contribution in [0.4, 0.5) is 4.39 Å². The molecule has 2 amide bonds. The molecule has 3 saturated heterocycles. The molecule has 0 radical (unpaired) electrons. The Morgan fingerprint density at radius 1 is 1.26 bits per heavy atom. The first-order valence-electron chi connectivity index (χ1n) is 11.5. The van der Waals surface area contributed by atoms with E-state index < -0.39 is 0 Å². The van der Waals surface area contributed by atoms with Gasteiger partial charge < -0.3 is 9.80 Å². The number of nitrogens with zero attached hydrogens (tertiary/aromatic N) is 4. The molecular formula is C24H29FN4O2. The number of hydrogen-bond donors (Lipinski definition) is 0. The van der Waals surface area contributed by atoms with E-state index in [2.05, 4.69) is 15.9 Å². The lowest BCUT2D eigenvalue weighted by molar-refractivity contribution is -0.142. The van der Waals surface area contributed by atoms with Gasteiger partial charge in [-0.05, 0) is 55.7 Å². The van der Waals surface area contributed by atoms with E-state index in [1.807, 2.05) is 19.1 Å². The molecule has 2 bridgehead atoms. The van der Waals surface area contributed by atoms with Gasteiger partial charge in [-0.15, -0.1) is 0 Å². The molecule has 164 valence electrons. The summed E-state index contributed by atoms with van der Waals surface area (Å²) in [4.78, 5) is 32.2. The molecule has 1 aromatic carbocycles. The third kappa shape index (κ3) is 3.61. The van der Waals surface area contributed by atoms with Gasteiger partial charge in [0, 0.05) is 31.6 Å². The van der Waals surface area contributed by atoms with Gasteiger partial charge in [-0.2, -0.15) is 5.26 Å². The summed E-state index contributed by atoms with van der Waals surface area (Å²) in [6.45, 7) is 3.90. The Kier molecular flexibility index (Phi) is 5.21. The van der Waals surface area contributed by atoms with Gasteiger partial charge in [0.1, 0.15) is 11.9 Å². The number of amides is 2. The van der Waals surface area contributed by atoms with Gasteiger partial charge in [-0.3, -0.25) is 14.5 Å². The van der Waals surface area contributed by atoms with E-state index in [4.69, 9.17) is 0 Å². The molecule has 4 fully saturated rings. The Balaban J connectivity index is 1.26. The minimum Gasteiger partial charge on any atom is -0.330 e. The van der Waals surface area contributed by atoms with E-state index in [1.54, 1.807) is 4.90 Å². The van der Waals surface area contributed by atoms with Gasteiger partial charge in [0.25, 0.3) is 0 Å². The van der Waals surface area contributed by atoms with Crippen molar-refractivity contribution < 1.29 is 14.0 Å². The van der Waals surface area contributed by atoms with Crippen LogP contribution in [0.5, 0.6) is 0 Å². The van der Waals surface area contributed by atoms with Crippen molar-refractivity contribution in [3.63, 3.8) is 0 Å². The largest absolute Gasteiger partial charge is 0.330 e. The molecule has 5 rings (SSSR count). The quantitative estimate of drug-likeness (QED) is 0.704. The third-order valence-electron chi connectivity index (χ3n) is 7.51. The Labute approximate surface area is 182 Å². The van der Waals surface area contributed by atoms with E-state index >= 15 is 0 Å². The maximum Gasteiger partial charge on any atom is 0.240 e. The van der Waals surface area contributed by atoms with Gasteiger partial charge in [-0.25, -0.2) is 4.39 Å². The summed E-state index contributed by atoms with van der Waals surface area (Å²) < 4.78 is 13.4. The summed E-state index contributed by atoms with van der Waals surface area (Å²) in [6.07, 6.45) is 4.64. The summed E-state index contributed by atoms with van der Waals surface area (Å²) >= 11 is 0. The van der Waals surface area contributed by atoms with E-state index in [0.29, 0.717) is 19.0 Å². The minimum atomic E-state index is -0.308. The second-order valence-electron chi connectivity index (χ2n) is 9.66. The highest BCUT2D eigenvalue weighted by molar-refractivity contribution is 5.86. The smallest absolute Gasteiger partial charge is 0.240 e. The number of carbonyl (C=O) groups excluding carboxylic acids is 2. The molecule has 3 aliphatic heterocycles. The van der Waals surface area contributed by atoms with Crippen molar-refractivity contribution in [2.75, 3.05) is 19.6 Å². The predicted molar refractivity (Wildman–Crippen MR) is 112 cm³/mol. The zero-order chi connectivity index (χ0) is 21.7. The van der Waals surface area contributed by atoms with Crippen molar-refractivity contribution in [1.82, 2.24) is 14.7 Å². The maximum atomic E-state index is 13.4. The Morgan fingerprint density at radius 2 is 2.00 bits per heavy atom. The average molecular weight is 425 g/mol. The van der Waals surface area contributed by atoms with Crippen LogP contribution in [0, 0.1) is 29.0 Å². The lowest BCUT2D eigenvalue weighted by atomic mass is 9.99. The summed E-state index contributed by atoms with van der Waals surface area (Å²) in [5, 5.41) is 9.29. The average Bonchev–Trinajstić information content (AvgIpc) is 3.20. The number of carbonyl (C=O) groups is 2. The summed E-state index contributed by atoms with van der Waals surface area (Å²) in [5.41, 5.74) is 1.02. The number of benzene rings is 1. The van der Waals surface area contributed by atoms with Crippen LogP contribution in [0.15, 0.2) is 24.3 Å². The maximum absolute atomic E-state index is 13.4. The van der Waals surface area contributed by atoms with E-state index in [9.17, 15) is 19.2 Å². The first-order valence-corrected chi connectivity index (χ1v) is 11.5. The second kappa shape index (κ2) is 7.90. The molecule has 3 heterocycles. The zero-order valence-electron chi connectivity index (χ0n) is 17.9. The number of piperazine rings is 1. The van der Waals surface area contributed by atoms with Crippen LogP contribution >= 0.6 is 0 Å². The van der Waals surface area contributed by atoms with Crippen molar-refractivity contribution in [1.29, 1.82) is 5.26 Å². The number of likely N-dealkylation sites (tertiary alicyclic amines) is 3. The Bertz CT molecular complexity index is 909. The number of nitriles is 1. The lowest BCUT2D eigenvalue weighted by Crippen LogP contribution is -2.53. The Hall–Kier alpha value is -2.46. The molecule has 7 heteroatoms. The van der Waals surface area contributed by atoms with E-state index in [1.165, 1.54) is 12.1 Å². The molecule has 0 N–H and O–H groups in total. The molecule has 0 aromatic heterocycles. The van der Waals surface area contributed by atoms with Crippen LogP contribution in [0.3, 0.4) is 0 Å². The molecule has 1 aromatic rings. The highest BCUT2D eigenvalue weighted by Crippen LogP contribution is 2.49. The van der Waals surface area contributed by atoms with Crippen molar-refractivity contribution in [3.8, 4) is 6.07 Å². The highest BCUT2D eigenvalue weighted by Gasteiger charge is 2.54. The SMILES string of the molecule is C[C@@H](CN1C[C@@H]2C[C@H]1C(=O)N2[C@H](c1ccc(F)cc1)C1CC1)C(=O)N1CCC[C@H]1C#N. The fourth-order valence-electron chi connectivity index (χ4n) is 5.87. The lowest BCUT2D eigenvalue weighted by Gasteiger charge is -2.40. The molecule has 0 unspecified atom stereocenters. The van der Waals surface area contributed by atoms with E-state index in [0.717, 1.165) is 44.2 Å². The predicted octanol–water partition coefficient (Wildman–Crippen LogP) is 2.71. The molecule has 1 aliphatic carbocycles. The van der Waals surface area contributed by atoms with Crippen molar-refractivity contribution >= 4 is 11.8 Å². The zero-order valence-corrected chi connectivity index (χ0v) is 17.9. The molecule has 6 nitrogen and oxygen atoms in total. The first kappa shape index (κ1) is 20.4. The van der Waals surface area contributed by atoms with Crippen molar-refractivity contribution in [3.05, 3.63) is 35.6 Å². The molecule has 1 saturated carbocycles. The standard InChI is InChI=1S/C24H29FN4O2/c1-15(23(30)28-10-2-3-19(28)12-26)13-27-14-20-11-21(27)24(31)29(20)22(16-4-5-16)17-6-8-18(25)9-7-17/h6-9,15-16,19-22H,2-5,10-11,13-14H2,1H3/t15-,19-,20-,21-,22-/m0/s1. The summed E-state index contributed by atoms with van der Waals surface area (Å²) in [7, 11) is 0. The molecule has 0 spiro atoms. The number of fused-ring (bicyclic) bond motifs is 2. The third-order valence-corrected chi connectivity index (χ3v) is 7.51. The van der Waals surface area contributed by atoms with E-state index in [-0.39, 0.29) is 47.7 Å². The summed E-state index contributed by atoms with van der Waals surface area (Å²) in [6, 6.07) is 8.54. The van der Waals surface area contributed by atoms with Gasteiger partial charge >= 0.3 is 0 Å². The van der Waals surface area contributed by atoms with Gasteiger partial charge in [0.15, 0.2) is 0 Å². The number of halogens is 1. The molecule has 4 aliphatic rings. The molecule has 5 atom stereocenters. The Morgan fingerprint density at radius 3 is 2.65 bits per heavy atom. The van der Waals surface area contributed by atoms with Crippen LogP contribution in [-0.4, -0.2) is 64.3 Å².